The summed E-state index contributed by atoms with van der Waals surface area (Å²) in [5.41, 5.74) is 6.10. The number of rotatable bonds is 4. The fourth-order valence-corrected chi connectivity index (χ4v) is 2.65. The lowest BCUT2D eigenvalue weighted by molar-refractivity contribution is -0.125. The molecule has 0 bridgehead atoms. The van der Waals surface area contributed by atoms with E-state index >= 15 is 0 Å². The van der Waals surface area contributed by atoms with Gasteiger partial charge in [0.05, 0.1) is 6.54 Å². The molecule has 0 radical (unpaired) electrons. The minimum absolute atomic E-state index is 0.0269. The van der Waals surface area contributed by atoms with Crippen molar-refractivity contribution < 1.29 is 9.59 Å². The number of nitrogens with two attached hydrogens (primary N) is 1. The predicted octanol–water partition coefficient (Wildman–Crippen LogP) is 1.37. The molecule has 1 heterocycles. The van der Waals surface area contributed by atoms with Crippen molar-refractivity contribution in [3.63, 3.8) is 0 Å². The van der Waals surface area contributed by atoms with E-state index in [2.05, 4.69) is 0 Å². The molecule has 1 fully saturated rings. The molecule has 1 aromatic carbocycles. The van der Waals surface area contributed by atoms with E-state index in [0.29, 0.717) is 24.7 Å². The van der Waals surface area contributed by atoms with Crippen LogP contribution in [0.2, 0.25) is 5.02 Å². The maximum Gasteiger partial charge on any atom is 0.246 e. The van der Waals surface area contributed by atoms with Gasteiger partial charge in [0.2, 0.25) is 11.8 Å². The third-order valence-corrected chi connectivity index (χ3v) is 3.78. The van der Waals surface area contributed by atoms with Gasteiger partial charge in [0, 0.05) is 37.3 Å². The van der Waals surface area contributed by atoms with Crippen molar-refractivity contribution in [3.8, 4) is 0 Å². The number of hydrogen-bond donors (Lipinski definition) is 1. The Morgan fingerprint density at radius 2 is 2.05 bits per heavy atom. The normalized spacial score (nSPS) is 16.7. The van der Waals surface area contributed by atoms with Crippen LogP contribution in [0.15, 0.2) is 30.3 Å². The monoisotopic (exact) mass is 321 g/mol. The molecule has 1 aliphatic heterocycles. The molecule has 1 saturated heterocycles. The van der Waals surface area contributed by atoms with E-state index in [9.17, 15) is 9.59 Å². The molecule has 0 unspecified atom stereocenters. The van der Waals surface area contributed by atoms with E-state index in [-0.39, 0.29) is 18.4 Å². The summed E-state index contributed by atoms with van der Waals surface area (Å²) in [5, 5.41) is 0.645. The van der Waals surface area contributed by atoms with Crippen LogP contribution in [0.4, 0.5) is 0 Å². The molecule has 5 nitrogen and oxygen atoms in total. The van der Waals surface area contributed by atoms with Crippen molar-refractivity contribution in [2.24, 2.45) is 5.73 Å². The summed E-state index contributed by atoms with van der Waals surface area (Å²) >= 11 is 5.92. The summed E-state index contributed by atoms with van der Waals surface area (Å²) in [6.07, 6.45) is 4.17. The number of primary amides is 1. The highest BCUT2D eigenvalue weighted by Crippen LogP contribution is 2.12. The quantitative estimate of drug-likeness (QED) is 0.852. The number of carbonyl (C=O) groups is 2. The molecule has 6 heteroatoms. The number of halogens is 1. The van der Waals surface area contributed by atoms with Crippen molar-refractivity contribution in [1.29, 1.82) is 0 Å². The van der Waals surface area contributed by atoms with E-state index in [1.807, 2.05) is 23.1 Å². The average Bonchev–Trinajstić information content (AvgIpc) is 2.70. The van der Waals surface area contributed by atoms with Crippen LogP contribution in [-0.2, 0) is 9.59 Å². The maximum absolute atomic E-state index is 12.2. The first kappa shape index (κ1) is 16.5. The average molecular weight is 322 g/mol. The second-order valence-electron chi connectivity index (χ2n) is 5.31. The van der Waals surface area contributed by atoms with Crippen molar-refractivity contribution in [2.75, 3.05) is 32.7 Å². The third-order valence-electron chi connectivity index (χ3n) is 3.55. The molecule has 2 amide bonds. The van der Waals surface area contributed by atoms with Gasteiger partial charge >= 0.3 is 0 Å². The van der Waals surface area contributed by atoms with Gasteiger partial charge in [-0.15, -0.1) is 0 Å². The van der Waals surface area contributed by atoms with Crippen LogP contribution in [0.5, 0.6) is 0 Å². The predicted molar refractivity (Wildman–Crippen MR) is 87.3 cm³/mol. The Hall–Kier alpha value is -1.85. The van der Waals surface area contributed by atoms with E-state index in [0.717, 1.165) is 18.5 Å². The van der Waals surface area contributed by atoms with Crippen LogP contribution in [0.1, 0.15) is 12.0 Å². The standard InChI is InChI=1S/C16H20ClN3O2/c17-14-4-1-3-13(11-14)5-6-16(22)20-8-2-7-19(9-10-20)12-15(18)21/h1,3-6,11H,2,7-10,12H2,(H2,18,21)/b6-5+. The molecular weight excluding hydrogens is 302 g/mol. The van der Waals surface area contributed by atoms with Gasteiger partial charge < -0.3 is 10.6 Å². The summed E-state index contributed by atoms with van der Waals surface area (Å²) < 4.78 is 0. The zero-order valence-electron chi connectivity index (χ0n) is 12.4. The Morgan fingerprint density at radius 3 is 2.77 bits per heavy atom. The van der Waals surface area contributed by atoms with Crippen LogP contribution >= 0.6 is 11.6 Å². The Labute approximate surface area is 135 Å². The summed E-state index contributed by atoms with van der Waals surface area (Å²) in [4.78, 5) is 27.0. The lowest BCUT2D eigenvalue weighted by atomic mass is 10.2. The van der Waals surface area contributed by atoms with E-state index < -0.39 is 0 Å². The molecule has 0 atom stereocenters. The lowest BCUT2D eigenvalue weighted by Crippen LogP contribution is -2.37. The third kappa shape index (κ3) is 5.16. The van der Waals surface area contributed by atoms with Gasteiger partial charge in [-0.3, -0.25) is 14.5 Å². The van der Waals surface area contributed by atoms with Gasteiger partial charge in [-0.25, -0.2) is 0 Å². The highest BCUT2D eigenvalue weighted by molar-refractivity contribution is 6.30. The van der Waals surface area contributed by atoms with E-state index in [4.69, 9.17) is 17.3 Å². The van der Waals surface area contributed by atoms with Gasteiger partial charge in [-0.1, -0.05) is 23.7 Å². The zero-order valence-corrected chi connectivity index (χ0v) is 13.1. The van der Waals surface area contributed by atoms with Crippen LogP contribution in [0.3, 0.4) is 0 Å². The smallest absolute Gasteiger partial charge is 0.246 e. The largest absolute Gasteiger partial charge is 0.369 e. The topological polar surface area (TPSA) is 66.6 Å². The number of hydrogen-bond acceptors (Lipinski definition) is 3. The van der Waals surface area contributed by atoms with Crippen LogP contribution < -0.4 is 5.73 Å². The second-order valence-corrected chi connectivity index (χ2v) is 5.75. The van der Waals surface area contributed by atoms with Crippen molar-refractivity contribution in [2.45, 2.75) is 6.42 Å². The van der Waals surface area contributed by atoms with Crippen LogP contribution in [0.25, 0.3) is 6.08 Å². The Bertz CT molecular complexity index is 574. The fourth-order valence-electron chi connectivity index (χ4n) is 2.45. The van der Waals surface area contributed by atoms with Gasteiger partial charge in [0.1, 0.15) is 0 Å². The molecular formula is C16H20ClN3O2. The SMILES string of the molecule is NC(=O)CN1CCCN(C(=O)/C=C/c2cccc(Cl)c2)CC1. The Balaban J connectivity index is 1.91. The molecule has 2 rings (SSSR count). The number of carbonyl (C=O) groups excluding carboxylic acids is 2. The Kier molecular flexibility index (Phi) is 5.98. The van der Waals surface area contributed by atoms with Gasteiger partial charge in [-0.05, 0) is 30.2 Å². The van der Waals surface area contributed by atoms with Crippen molar-refractivity contribution in [1.82, 2.24) is 9.80 Å². The van der Waals surface area contributed by atoms with Crippen LogP contribution in [-0.4, -0.2) is 54.3 Å². The molecule has 22 heavy (non-hydrogen) atoms. The first-order valence-electron chi connectivity index (χ1n) is 7.28. The second kappa shape index (κ2) is 7.96. The molecule has 1 aromatic rings. The first-order chi connectivity index (χ1) is 10.5. The number of benzene rings is 1. The minimum atomic E-state index is -0.333. The molecule has 0 aliphatic carbocycles. The fraction of sp³-hybridized carbons (Fsp3) is 0.375. The van der Waals surface area contributed by atoms with Gasteiger partial charge in [0.15, 0.2) is 0 Å². The summed E-state index contributed by atoms with van der Waals surface area (Å²) in [6.45, 7) is 2.99. The highest BCUT2D eigenvalue weighted by Gasteiger charge is 2.18. The van der Waals surface area contributed by atoms with Crippen molar-refractivity contribution >= 4 is 29.5 Å². The van der Waals surface area contributed by atoms with E-state index in [1.54, 1.807) is 23.1 Å². The molecule has 0 aromatic heterocycles. The number of amides is 2. The highest BCUT2D eigenvalue weighted by atomic mass is 35.5. The molecule has 0 spiro atoms. The van der Waals surface area contributed by atoms with Gasteiger partial charge in [0.25, 0.3) is 0 Å². The number of nitrogens with zero attached hydrogens (tertiary/aromatic N) is 2. The molecule has 0 saturated carbocycles. The summed E-state index contributed by atoms with van der Waals surface area (Å²) in [7, 11) is 0. The van der Waals surface area contributed by atoms with Crippen LogP contribution in [0, 0.1) is 0 Å². The van der Waals surface area contributed by atoms with Gasteiger partial charge in [-0.2, -0.15) is 0 Å². The molecule has 118 valence electrons. The minimum Gasteiger partial charge on any atom is -0.369 e. The van der Waals surface area contributed by atoms with E-state index in [1.165, 1.54) is 0 Å². The summed E-state index contributed by atoms with van der Waals surface area (Å²) in [5.74, 6) is -0.360. The molecule has 2 N–H and O–H groups in total. The first-order valence-corrected chi connectivity index (χ1v) is 7.65. The lowest BCUT2D eigenvalue weighted by Gasteiger charge is -2.19. The zero-order chi connectivity index (χ0) is 15.9. The summed E-state index contributed by atoms with van der Waals surface area (Å²) in [6, 6.07) is 7.35. The van der Waals surface area contributed by atoms with Crippen molar-refractivity contribution in [3.05, 3.63) is 40.9 Å². The Morgan fingerprint density at radius 1 is 1.23 bits per heavy atom. The maximum atomic E-state index is 12.2. The molecule has 1 aliphatic rings.